The fourth-order valence-corrected chi connectivity index (χ4v) is 1.15. The molecule has 18 heavy (non-hydrogen) atoms. The molecule has 4 nitrogen and oxygen atoms in total. The summed E-state index contributed by atoms with van der Waals surface area (Å²) in [5, 5.41) is 20.0. The van der Waals surface area contributed by atoms with Crippen LogP contribution < -0.4 is 5.32 Å². The normalized spacial score (nSPS) is 15.0. The lowest BCUT2D eigenvalue weighted by Crippen LogP contribution is -2.52. The molecule has 1 unspecified atom stereocenters. The molecule has 1 aromatic rings. The van der Waals surface area contributed by atoms with Crippen LogP contribution in [0.2, 0.25) is 0 Å². The summed E-state index contributed by atoms with van der Waals surface area (Å²) in [5.74, 6) is -1.60. The monoisotopic (exact) mass is 263 g/mol. The summed E-state index contributed by atoms with van der Waals surface area (Å²) in [6, 6.07) is 5.81. The summed E-state index contributed by atoms with van der Waals surface area (Å²) in [5.41, 5.74) is -3.21. The Morgan fingerprint density at radius 1 is 1.33 bits per heavy atom. The molecule has 100 valence electrons. The highest BCUT2D eigenvalue weighted by Gasteiger charge is 2.55. The van der Waals surface area contributed by atoms with Gasteiger partial charge in [-0.2, -0.15) is 13.2 Å². The number of amides is 1. The second kappa shape index (κ2) is 4.95. The first-order chi connectivity index (χ1) is 8.20. The third-order valence-corrected chi connectivity index (χ3v) is 2.43. The molecule has 3 N–H and O–H groups in total. The maximum Gasteiger partial charge on any atom is 0.426 e. The summed E-state index contributed by atoms with van der Waals surface area (Å²) < 4.78 is 37.2. The summed E-state index contributed by atoms with van der Waals surface area (Å²) in [6.07, 6.45) is -5.08. The van der Waals surface area contributed by atoms with Crippen LogP contribution in [0.4, 0.5) is 18.9 Å². The lowest BCUT2D eigenvalue weighted by Gasteiger charge is -2.25. The standard InChI is InChI=1S/C11H12F3NO3/c1-10(18,11(12,13)14)9(17)15-8-5-3-2-4-7(8)6-16/h2-5,16,18H,6H2,1H3,(H,15,17). The predicted octanol–water partition coefficient (Wildman–Crippen LogP) is 1.43. The van der Waals surface area contributed by atoms with Crippen LogP contribution in [0.25, 0.3) is 0 Å². The van der Waals surface area contributed by atoms with Crippen molar-refractivity contribution in [2.75, 3.05) is 5.32 Å². The van der Waals surface area contributed by atoms with Gasteiger partial charge in [-0.3, -0.25) is 4.79 Å². The molecule has 0 aliphatic heterocycles. The van der Waals surface area contributed by atoms with E-state index < -0.39 is 24.3 Å². The Labute approximate surface area is 101 Å². The van der Waals surface area contributed by atoms with E-state index in [-0.39, 0.29) is 11.3 Å². The van der Waals surface area contributed by atoms with Crippen molar-refractivity contribution in [3.63, 3.8) is 0 Å². The molecule has 1 rings (SSSR count). The van der Waals surface area contributed by atoms with E-state index in [4.69, 9.17) is 10.2 Å². The Bertz CT molecular complexity index is 443. The minimum atomic E-state index is -5.08. The van der Waals surface area contributed by atoms with E-state index in [1.807, 2.05) is 5.32 Å². The fraction of sp³-hybridized carbons (Fsp3) is 0.364. The number of carbonyl (C=O) groups excluding carboxylic acids is 1. The minimum Gasteiger partial charge on any atom is -0.392 e. The quantitative estimate of drug-likeness (QED) is 0.772. The van der Waals surface area contributed by atoms with Crippen LogP contribution in [0.15, 0.2) is 24.3 Å². The van der Waals surface area contributed by atoms with Crippen LogP contribution in [0.1, 0.15) is 12.5 Å². The Hall–Kier alpha value is -1.60. The molecule has 1 amide bonds. The van der Waals surface area contributed by atoms with E-state index in [9.17, 15) is 18.0 Å². The minimum absolute atomic E-state index is 0.0227. The number of aliphatic hydroxyl groups excluding tert-OH is 1. The van der Waals surface area contributed by atoms with Crippen molar-refractivity contribution in [2.45, 2.75) is 25.3 Å². The molecule has 0 spiro atoms. The summed E-state index contributed by atoms with van der Waals surface area (Å²) in [6.45, 7) is -0.0749. The van der Waals surface area contributed by atoms with Gasteiger partial charge in [0.2, 0.25) is 5.60 Å². The number of hydrogen-bond donors (Lipinski definition) is 3. The fourth-order valence-electron chi connectivity index (χ4n) is 1.15. The maximum absolute atomic E-state index is 12.4. The van der Waals surface area contributed by atoms with Crippen molar-refractivity contribution < 1.29 is 28.2 Å². The Morgan fingerprint density at radius 2 is 1.89 bits per heavy atom. The van der Waals surface area contributed by atoms with Gasteiger partial charge < -0.3 is 15.5 Å². The third kappa shape index (κ3) is 2.80. The molecule has 1 atom stereocenters. The predicted molar refractivity (Wildman–Crippen MR) is 57.7 cm³/mol. The lowest BCUT2D eigenvalue weighted by molar-refractivity contribution is -0.242. The van der Waals surface area contributed by atoms with Crippen molar-refractivity contribution in [1.29, 1.82) is 0 Å². The van der Waals surface area contributed by atoms with E-state index in [1.54, 1.807) is 6.07 Å². The number of alkyl halides is 3. The van der Waals surface area contributed by atoms with Crippen molar-refractivity contribution in [1.82, 2.24) is 0 Å². The Morgan fingerprint density at radius 3 is 2.39 bits per heavy atom. The number of para-hydroxylation sites is 1. The zero-order valence-corrected chi connectivity index (χ0v) is 9.45. The molecule has 1 aromatic carbocycles. The summed E-state index contributed by atoms with van der Waals surface area (Å²) in [4.78, 5) is 11.4. The number of anilines is 1. The van der Waals surface area contributed by atoms with Crippen LogP contribution in [-0.4, -0.2) is 27.9 Å². The average Bonchev–Trinajstić information content (AvgIpc) is 2.28. The smallest absolute Gasteiger partial charge is 0.392 e. The van der Waals surface area contributed by atoms with Gasteiger partial charge in [-0.1, -0.05) is 18.2 Å². The molecule has 0 aromatic heterocycles. The molecule has 0 heterocycles. The molecule has 0 saturated carbocycles. The van der Waals surface area contributed by atoms with Gasteiger partial charge in [0.1, 0.15) is 0 Å². The van der Waals surface area contributed by atoms with Crippen molar-refractivity contribution in [2.24, 2.45) is 0 Å². The highest BCUT2D eigenvalue weighted by molar-refractivity contribution is 5.98. The first-order valence-electron chi connectivity index (χ1n) is 4.99. The van der Waals surface area contributed by atoms with Gasteiger partial charge in [-0.05, 0) is 13.0 Å². The van der Waals surface area contributed by atoms with E-state index in [0.717, 1.165) is 0 Å². The number of carbonyl (C=O) groups is 1. The largest absolute Gasteiger partial charge is 0.426 e. The molecule has 0 aliphatic rings. The van der Waals surface area contributed by atoms with Crippen LogP contribution in [0.5, 0.6) is 0 Å². The number of halogens is 3. The van der Waals surface area contributed by atoms with E-state index >= 15 is 0 Å². The van der Waals surface area contributed by atoms with Crippen LogP contribution >= 0.6 is 0 Å². The first-order valence-corrected chi connectivity index (χ1v) is 4.99. The van der Waals surface area contributed by atoms with Crippen molar-refractivity contribution in [3.8, 4) is 0 Å². The molecule has 7 heteroatoms. The third-order valence-electron chi connectivity index (χ3n) is 2.43. The van der Waals surface area contributed by atoms with E-state index in [0.29, 0.717) is 6.92 Å². The van der Waals surface area contributed by atoms with Crippen LogP contribution in [0.3, 0.4) is 0 Å². The van der Waals surface area contributed by atoms with Crippen LogP contribution in [-0.2, 0) is 11.4 Å². The number of aliphatic hydroxyl groups is 2. The first kappa shape index (κ1) is 14.5. The van der Waals surface area contributed by atoms with Gasteiger partial charge in [0, 0.05) is 11.3 Å². The van der Waals surface area contributed by atoms with E-state index in [1.165, 1.54) is 18.2 Å². The molecular weight excluding hydrogens is 251 g/mol. The highest BCUT2D eigenvalue weighted by Crippen LogP contribution is 2.31. The van der Waals surface area contributed by atoms with Gasteiger partial charge >= 0.3 is 6.18 Å². The lowest BCUT2D eigenvalue weighted by atomic mass is 10.1. The molecule has 0 bridgehead atoms. The van der Waals surface area contributed by atoms with Gasteiger partial charge in [0.25, 0.3) is 5.91 Å². The summed E-state index contributed by atoms with van der Waals surface area (Å²) >= 11 is 0. The van der Waals surface area contributed by atoms with Gasteiger partial charge in [-0.25, -0.2) is 0 Å². The zero-order valence-electron chi connectivity index (χ0n) is 9.45. The van der Waals surface area contributed by atoms with Crippen molar-refractivity contribution in [3.05, 3.63) is 29.8 Å². The highest BCUT2D eigenvalue weighted by atomic mass is 19.4. The zero-order chi connectivity index (χ0) is 14.0. The maximum atomic E-state index is 12.4. The Balaban J connectivity index is 2.95. The van der Waals surface area contributed by atoms with Crippen molar-refractivity contribution >= 4 is 11.6 Å². The second-order valence-electron chi connectivity index (χ2n) is 3.84. The number of nitrogens with one attached hydrogen (secondary N) is 1. The van der Waals surface area contributed by atoms with Gasteiger partial charge in [0.15, 0.2) is 0 Å². The molecule has 0 radical (unpaired) electrons. The Kier molecular flexibility index (Phi) is 3.98. The topological polar surface area (TPSA) is 69.6 Å². The SMILES string of the molecule is CC(O)(C(=O)Nc1ccccc1CO)C(F)(F)F. The number of hydrogen-bond acceptors (Lipinski definition) is 3. The molecule has 0 fully saturated rings. The average molecular weight is 263 g/mol. The van der Waals surface area contributed by atoms with Crippen LogP contribution in [0, 0.1) is 0 Å². The molecular formula is C11H12F3NO3. The number of rotatable bonds is 3. The summed E-state index contributed by atoms with van der Waals surface area (Å²) in [7, 11) is 0. The number of benzene rings is 1. The second-order valence-corrected chi connectivity index (χ2v) is 3.84. The van der Waals surface area contributed by atoms with Gasteiger partial charge in [0.05, 0.1) is 6.61 Å². The van der Waals surface area contributed by atoms with Gasteiger partial charge in [-0.15, -0.1) is 0 Å². The van der Waals surface area contributed by atoms with E-state index in [2.05, 4.69) is 0 Å². The molecule has 0 aliphatic carbocycles. The molecule has 0 saturated heterocycles.